The van der Waals surface area contributed by atoms with Crippen LogP contribution >= 0.6 is 11.3 Å². The number of hydrogen-bond acceptors (Lipinski definition) is 3. The van der Waals surface area contributed by atoms with Crippen molar-refractivity contribution in [2.75, 3.05) is 0 Å². The molecule has 0 bridgehead atoms. The summed E-state index contributed by atoms with van der Waals surface area (Å²) in [6.45, 7) is 2.05. The van der Waals surface area contributed by atoms with E-state index in [1.807, 2.05) is 5.38 Å². The number of aryl methyl sites for hydroxylation is 1. The molecular weight excluding hydrogens is 158 g/mol. The molecule has 0 saturated carbocycles. The van der Waals surface area contributed by atoms with Crippen molar-refractivity contribution in [1.29, 1.82) is 0 Å². The summed E-state index contributed by atoms with van der Waals surface area (Å²) in [5.74, 6) is 0.720. The van der Waals surface area contributed by atoms with E-state index in [0.29, 0.717) is 0 Å². The molecular formula is C8H7NOS. The topological polar surface area (TPSA) is 26.0 Å². The molecule has 2 nitrogen and oxygen atoms in total. The highest BCUT2D eigenvalue weighted by atomic mass is 32.1. The fourth-order valence-corrected chi connectivity index (χ4v) is 1.79. The maximum absolute atomic E-state index is 5.16. The van der Waals surface area contributed by atoms with E-state index in [1.54, 1.807) is 23.8 Å². The Kier molecular flexibility index (Phi) is 1.51. The number of hydrogen-bond donors (Lipinski definition) is 0. The minimum absolute atomic E-state index is 0.720. The highest BCUT2D eigenvalue weighted by Gasteiger charge is 2.05. The predicted molar refractivity (Wildman–Crippen MR) is 44.6 cm³/mol. The summed E-state index contributed by atoms with van der Waals surface area (Å²) in [4.78, 5) is 5.18. The molecule has 0 spiro atoms. The van der Waals surface area contributed by atoms with Gasteiger partial charge in [-0.3, -0.25) is 0 Å². The molecule has 3 heteroatoms. The Hall–Kier alpha value is -1.09. The van der Waals surface area contributed by atoms with Crippen LogP contribution < -0.4 is 0 Å². The lowest BCUT2D eigenvalue weighted by atomic mass is 10.3. The van der Waals surface area contributed by atoms with E-state index in [4.69, 9.17) is 4.42 Å². The number of rotatable bonds is 1. The van der Waals surface area contributed by atoms with Gasteiger partial charge in [0.15, 0.2) is 0 Å². The maximum Gasteiger partial charge on any atom is 0.236 e. The monoisotopic (exact) mass is 165 g/mol. The summed E-state index contributed by atoms with van der Waals surface area (Å²) in [5.41, 5.74) is 1.22. The number of thiophene rings is 1. The Bertz CT molecular complexity index is 337. The molecule has 11 heavy (non-hydrogen) atoms. The molecule has 0 radical (unpaired) electrons. The number of oxazole rings is 1. The van der Waals surface area contributed by atoms with Crippen LogP contribution in [0.15, 0.2) is 28.3 Å². The lowest BCUT2D eigenvalue weighted by Crippen LogP contribution is -1.72. The molecule has 0 aliphatic rings. The van der Waals surface area contributed by atoms with Crippen LogP contribution in [0.3, 0.4) is 0 Å². The molecule has 0 fully saturated rings. The molecule has 0 aromatic carbocycles. The van der Waals surface area contributed by atoms with E-state index in [0.717, 1.165) is 10.8 Å². The number of aromatic nitrogens is 1. The summed E-state index contributed by atoms with van der Waals surface area (Å²) in [5, 5.41) is 2.04. The quantitative estimate of drug-likeness (QED) is 0.649. The van der Waals surface area contributed by atoms with Crippen LogP contribution in [0.5, 0.6) is 0 Å². The van der Waals surface area contributed by atoms with E-state index in [9.17, 15) is 0 Å². The fourth-order valence-electron chi connectivity index (χ4n) is 0.927. The van der Waals surface area contributed by atoms with Gasteiger partial charge < -0.3 is 4.42 Å². The molecule has 0 aliphatic carbocycles. The van der Waals surface area contributed by atoms with Gasteiger partial charge in [0.2, 0.25) is 5.89 Å². The summed E-state index contributed by atoms with van der Waals surface area (Å²) in [6.07, 6.45) is 3.25. The van der Waals surface area contributed by atoms with Crippen molar-refractivity contribution in [1.82, 2.24) is 4.98 Å². The van der Waals surface area contributed by atoms with E-state index in [1.165, 1.54) is 5.56 Å². The normalized spacial score (nSPS) is 10.3. The Morgan fingerprint density at radius 3 is 3.00 bits per heavy atom. The van der Waals surface area contributed by atoms with Gasteiger partial charge in [-0.15, -0.1) is 11.3 Å². The van der Waals surface area contributed by atoms with Gasteiger partial charge in [0, 0.05) is 0 Å². The largest absolute Gasteiger partial charge is 0.444 e. The third-order valence-electron chi connectivity index (χ3n) is 1.49. The molecule has 0 aliphatic heterocycles. The Balaban J connectivity index is 2.53. The van der Waals surface area contributed by atoms with E-state index < -0.39 is 0 Å². The van der Waals surface area contributed by atoms with Crippen molar-refractivity contribution in [3.63, 3.8) is 0 Å². The highest BCUT2D eigenvalue weighted by molar-refractivity contribution is 7.13. The first-order valence-electron chi connectivity index (χ1n) is 3.32. The van der Waals surface area contributed by atoms with Crippen molar-refractivity contribution < 1.29 is 4.42 Å². The SMILES string of the molecule is Cc1ccsc1-c1ncco1. The first-order chi connectivity index (χ1) is 5.38. The van der Waals surface area contributed by atoms with Gasteiger partial charge in [0.1, 0.15) is 6.26 Å². The van der Waals surface area contributed by atoms with Crippen molar-refractivity contribution in [3.05, 3.63) is 29.5 Å². The Labute approximate surface area is 68.5 Å². The van der Waals surface area contributed by atoms with E-state index >= 15 is 0 Å². The van der Waals surface area contributed by atoms with Gasteiger partial charge in [0.25, 0.3) is 0 Å². The second-order valence-corrected chi connectivity index (χ2v) is 3.19. The second-order valence-electron chi connectivity index (χ2n) is 2.27. The van der Waals surface area contributed by atoms with Crippen molar-refractivity contribution >= 4 is 11.3 Å². The molecule has 0 amide bonds. The summed E-state index contributed by atoms with van der Waals surface area (Å²) >= 11 is 1.65. The molecule has 0 atom stereocenters. The van der Waals surface area contributed by atoms with Crippen LogP contribution in [-0.2, 0) is 0 Å². The minimum Gasteiger partial charge on any atom is -0.444 e. The van der Waals surface area contributed by atoms with Crippen LogP contribution in [0, 0.1) is 6.92 Å². The standard InChI is InChI=1S/C8H7NOS/c1-6-2-5-11-7(6)8-9-3-4-10-8/h2-5H,1H3. The van der Waals surface area contributed by atoms with Crippen molar-refractivity contribution in [3.8, 4) is 10.8 Å². The molecule has 0 N–H and O–H groups in total. The zero-order valence-electron chi connectivity index (χ0n) is 6.07. The van der Waals surface area contributed by atoms with Crippen molar-refractivity contribution in [2.24, 2.45) is 0 Å². The maximum atomic E-state index is 5.16. The molecule has 0 unspecified atom stereocenters. The van der Waals surface area contributed by atoms with Gasteiger partial charge >= 0.3 is 0 Å². The summed E-state index contributed by atoms with van der Waals surface area (Å²) < 4.78 is 5.16. The first-order valence-corrected chi connectivity index (χ1v) is 4.20. The lowest BCUT2D eigenvalue weighted by molar-refractivity contribution is 0.576. The first kappa shape index (κ1) is 6.61. The van der Waals surface area contributed by atoms with Crippen LogP contribution in [0.4, 0.5) is 0 Å². The summed E-state index contributed by atoms with van der Waals surface area (Å²) in [6, 6.07) is 2.06. The summed E-state index contributed by atoms with van der Waals surface area (Å²) in [7, 11) is 0. The zero-order valence-corrected chi connectivity index (χ0v) is 6.89. The second kappa shape index (κ2) is 2.51. The van der Waals surface area contributed by atoms with Crippen molar-refractivity contribution in [2.45, 2.75) is 6.92 Å². The van der Waals surface area contributed by atoms with Gasteiger partial charge in [-0.2, -0.15) is 0 Å². The predicted octanol–water partition coefficient (Wildman–Crippen LogP) is 2.71. The number of nitrogens with zero attached hydrogens (tertiary/aromatic N) is 1. The van der Waals surface area contributed by atoms with E-state index in [2.05, 4.69) is 18.0 Å². The van der Waals surface area contributed by atoms with Crippen LogP contribution in [0.25, 0.3) is 10.8 Å². The minimum atomic E-state index is 0.720. The molecule has 0 saturated heterocycles. The van der Waals surface area contributed by atoms with Crippen LogP contribution in [0.2, 0.25) is 0 Å². The van der Waals surface area contributed by atoms with Gasteiger partial charge in [0.05, 0.1) is 11.1 Å². The zero-order chi connectivity index (χ0) is 7.68. The smallest absolute Gasteiger partial charge is 0.236 e. The highest BCUT2D eigenvalue weighted by Crippen LogP contribution is 2.26. The van der Waals surface area contributed by atoms with Gasteiger partial charge in [-0.1, -0.05) is 0 Å². The third-order valence-corrected chi connectivity index (χ3v) is 2.49. The van der Waals surface area contributed by atoms with Gasteiger partial charge in [-0.25, -0.2) is 4.98 Å². The third kappa shape index (κ3) is 1.07. The van der Waals surface area contributed by atoms with E-state index in [-0.39, 0.29) is 0 Å². The van der Waals surface area contributed by atoms with Crippen LogP contribution in [0.1, 0.15) is 5.56 Å². The van der Waals surface area contributed by atoms with Gasteiger partial charge in [-0.05, 0) is 23.9 Å². The fraction of sp³-hybridized carbons (Fsp3) is 0.125. The molecule has 2 rings (SSSR count). The molecule has 56 valence electrons. The Morgan fingerprint density at radius 2 is 2.45 bits per heavy atom. The molecule has 2 aromatic heterocycles. The Morgan fingerprint density at radius 1 is 1.55 bits per heavy atom. The lowest BCUT2D eigenvalue weighted by Gasteiger charge is -1.89. The average molecular weight is 165 g/mol. The molecule has 2 aromatic rings. The molecule has 2 heterocycles. The van der Waals surface area contributed by atoms with Crippen LogP contribution in [-0.4, -0.2) is 4.98 Å². The average Bonchev–Trinajstić information content (AvgIpc) is 2.55.